The number of ether oxygens (including phenoxy) is 2. The molecule has 0 unspecified atom stereocenters. The van der Waals surface area contributed by atoms with Crippen LogP contribution in [0, 0.1) is 0 Å². The number of ketones is 1. The summed E-state index contributed by atoms with van der Waals surface area (Å²) in [6.45, 7) is 4.91. The Hall–Kier alpha value is -1.55. The van der Waals surface area contributed by atoms with Gasteiger partial charge in [-0.2, -0.15) is 0 Å². The number of likely N-dealkylation sites (tertiary alicyclic amines) is 1. The van der Waals surface area contributed by atoms with Crippen molar-refractivity contribution < 1.29 is 14.3 Å². The summed E-state index contributed by atoms with van der Waals surface area (Å²) in [5.74, 6) is 1.46. The second-order valence-electron chi connectivity index (χ2n) is 7.41. The van der Waals surface area contributed by atoms with Crippen molar-refractivity contribution in [2.45, 2.75) is 56.8 Å². The summed E-state index contributed by atoms with van der Waals surface area (Å²) in [5, 5.41) is 0. The number of hydrogen-bond acceptors (Lipinski definition) is 4. The highest BCUT2D eigenvalue weighted by molar-refractivity contribution is 5.81. The van der Waals surface area contributed by atoms with Gasteiger partial charge in [0, 0.05) is 38.1 Å². The molecule has 2 atom stereocenters. The number of carbonyl (C=O) groups excluding carboxylic acids is 1. The Kier molecular flexibility index (Phi) is 2.86. The van der Waals surface area contributed by atoms with Crippen molar-refractivity contribution in [1.29, 1.82) is 0 Å². The molecule has 0 bridgehead atoms. The molecule has 0 amide bonds. The summed E-state index contributed by atoms with van der Waals surface area (Å²) in [6, 6.07) is 6.67. The van der Waals surface area contributed by atoms with E-state index in [1.54, 1.807) is 0 Å². The molecule has 4 nitrogen and oxygen atoms in total. The highest BCUT2D eigenvalue weighted by Crippen LogP contribution is 2.50. The number of hydrogen-bond donors (Lipinski definition) is 0. The van der Waals surface area contributed by atoms with Crippen LogP contribution >= 0.6 is 0 Å². The predicted molar refractivity (Wildman–Crippen MR) is 83.3 cm³/mol. The van der Waals surface area contributed by atoms with E-state index in [1.807, 2.05) is 19.9 Å². The number of likely N-dealkylation sites (N-methyl/N-ethyl adjacent to an activating group) is 1. The van der Waals surface area contributed by atoms with Gasteiger partial charge < -0.3 is 14.4 Å². The van der Waals surface area contributed by atoms with Crippen LogP contribution in [-0.2, 0) is 10.2 Å². The number of fused-ring (bicyclic) bond motifs is 2. The number of rotatable bonds is 1. The fourth-order valence-electron chi connectivity index (χ4n) is 4.46. The maximum absolute atomic E-state index is 11.9. The Balaban J connectivity index is 1.74. The van der Waals surface area contributed by atoms with Gasteiger partial charge in [0.15, 0.2) is 11.5 Å². The minimum atomic E-state index is -0.590. The first-order valence-electron chi connectivity index (χ1n) is 8.14. The first-order chi connectivity index (χ1) is 10.4. The summed E-state index contributed by atoms with van der Waals surface area (Å²) in [7, 11) is 2.14. The van der Waals surface area contributed by atoms with Crippen LogP contribution in [0.15, 0.2) is 18.2 Å². The molecule has 1 aromatic rings. The van der Waals surface area contributed by atoms with E-state index in [2.05, 4.69) is 24.1 Å². The lowest BCUT2D eigenvalue weighted by Crippen LogP contribution is -2.46. The van der Waals surface area contributed by atoms with E-state index in [4.69, 9.17) is 9.47 Å². The number of Topliss-reactive ketones (excluding diaryl/α,β-unsaturated/α-hetero) is 1. The van der Waals surface area contributed by atoms with Gasteiger partial charge in [0.05, 0.1) is 0 Å². The molecule has 1 saturated heterocycles. The van der Waals surface area contributed by atoms with Crippen molar-refractivity contribution in [1.82, 2.24) is 4.90 Å². The van der Waals surface area contributed by atoms with Crippen LogP contribution in [-0.4, -0.2) is 36.1 Å². The third kappa shape index (κ3) is 1.97. The third-order valence-corrected chi connectivity index (χ3v) is 5.58. The summed E-state index contributed by atoms with van der Waals surface area (Å²) in [4.78, 5) is 14.3. The lowest BCUT2D eigenvalue weighted by Gasteiger charge is -2.41. The highest BCUT2D eigenvalue weighted by Gasteiger charge is 2.50. The van der Waals surface area contributed by atoms with E-state index >= 15 is 0 Å². The molecule has 2 heterocycles. The fourth-order valence-corrected chi connectivity index (χ4v) is 4.46. The molecular formula is C18H23NO3. The second kappa shape index (κ2) is 4.48. The second-order valence-corrected chi connectivity index (χ2v) is 7.41. The fraction of sp³-hybridized carbons (Fsp3) is 0.611. The molecule has 0 N–H and O–H groups in total. The van der Waals surface area contributed by atoms with Crippen LogP contribution in [0.3, 0.4) is 0 Å². The molecule has 2 fully saturated rings. The Morgan fingerprint density at radius 2 is 1.95 bits per heavy atom. The average molecular weight is 301 g/mol. The summed E-state index contributed by atoms with van der Waals surface area (Å²) in [5.41, 5.74) is 1.39. The zero-order valence-corrected chi connectivity index (χ0v) is 13.5. The molecule has 1 aliphatic carbocycles. The molecule has 22 heavy (non-hydrogen) atoms. The van der Waals surface area contributed by atoms with E-state index in [0.29, 0.717) is 24.7 Å². The quantitative estimate of drug-likeness (QED) is 0.799. The van der Waals surface area contributed by atoms with Crippen LogP contribution in [0.5, 0.6) is 11.5 Å². The van der Waals surface area contributed by atoms with Gasteiger partial charge in [0.25, 0.3) is 0 Å². The maximum Gasteiger partial charge on any atom is 0.246 e. The van der Waals surface area contributed by atoms with Gasteiger partial charge in [-0.3, -0.25) is 4.79 Å². The van der Waals surface area contributed by atoms with Gasteiger partial charge in [-0.25, -0.2) is 0 Å². The van der Waals surface area contributed by atoms with Crippen LogP contribution in [0.25, 0.3) is 0 Å². The SMILES string of the molecule is CN1CC[C@]2(c3ccc4c(c3)OC(C)(C)O4)CCC(=O)C[C@H]12. The smallest absolute Gasteiger partial charge is 0.246 e. The summed E-state index contributed by atoms with van der Waals surface area (Å²) >= 11 is 0. The highest BCUT2D eigenvalue weighted by atomic mass is 16.7. The Morgan fingerprint density at radius 1 is 1.18 bits per heavy atom. The lowest BCUT2D eigenvalue weighted by atomic mass is 9.66. The molecule has 3 aliphatic rings. The van der Waals surface area contributed by atoms with E-state index in [0.717, 1.165) is 30.9 Å². The molecule has 0 radical (unpaired) electrons. The minimum absolute atomic E-state index is 0.0911. The van der Waals surface area contributed by atoms with Gasteiger partial charge >= 0.3 is 0 Å². The van der Waals surface area contributed by atoms with Gasteiger partial charge in [-0.15, -0.1) is 0 Å². The van der Waals surface area contributed by atoms with Crippen LogP contribution in [0.1, 0.15) is 45.1 Å². The first kappa shape index (κ1) is 14.1. The number of nitrogens with zero attached hydrogens (tertiary/aromatic N) is 1. The molecule has 0 aromatic heterocycles. The molecule has 0 spiro atoms. The summed E-state index contributed by atoms with van der Waals surface area (Å²) in [6.07, 6.45) is 3.44. The van der Waals surface area contributed by atoms with Crippen molar-refractivity contribution in [2.75, 3.05) is 13.6 Å². The minimum Gasteiger partial charge on any atom is -0.449 e. The van der Waals surface area contributed by atoms with Crippen LogP contribution < -0.4 is 9.47 Å². The van der Waals surface area contributed by atoms with Gasteiger partial charge in [0.2, 0.25) is 5.79 Å². The topological polar surface area (TPSA) is 38.8 Å². The van der Waals surface area contributed by atoms with Crippen molar-refractivity contribution in [3.8, 4) is 11.5 Å². The molecule has 2 aliphatic heterocycles. The normalized spacial score (nSPS) is 33.0. The monoisotopic (exact) mass is 301 g/mol. The van der Waals surface area contributed by atoms with Gasteiger partial charge in [-0.1, -0.05) is 6.07 Å². The first-order valence-corrected chi connectivity index (χ1v) is 8.14. The summed E-state index contributed by atoms with van der Waals surface area (Å²) < 4.78 is 11.7. The molecule has 118 valence electrons. The van der Waals surface area contributed by atoms with Crippen LogP contribution in [0.4, 0.5) is 0 Å². The van der Waals surface area contributed by atoms with Gasteiger partial charge in [0.1, 0.15) is 5.78 Å². The maximum atomic E-state index is 11.9. The largest absolute Gasteiger partial charge is 0.449 e. The van der Waals surface area contributed by atoms with Crippen LogP contribution in [0.2, 0.25) is 0 Å². The molecular weight excluding hydrogens is 278 g/mol. The Bertz CT molecular complexity index is 639. The van der Waals surface area contributed by atoms with E-state index in [1.165, 1.54) is 5.56 Å². The Labute approximate surface area is 131 Å². The van der Waals surface area contributed by atoms with Gasteiger partial charge in [-0.05, 0) is 44.1 Å². The molecule has 4 rings (SSSR count). The van der Waals surface area contributed by atoms with Crippen molar-refractivity contribution in [3.05, 3.63) is 23.8 Å². The lowest BCUT2D eigenvalue weighted by molar-refractivity contribution is -0.122. The average Bonchev–Trinajstić information content (AvgIpc) is 2.95. The Morgan fingerprint density at radius 3 is 2.77 bits per heavy atom. The van der Waals surface area contributed by atoms with Crippen molar-refractivity contribution >= 4 is 5.78 Å². The van der Waals surface area contributed by atoms with E-state index in [-0.39, 0.29) is 5.41 Å². The molecule has 1 saturated carbocycles. The van der Waals surface area contributed by atoms with E-state index < -0.39 is 5.79 Å². The number of carbonyl (C=O) groups is 1. The number of benzene rings is 1. The van der Waals surface area contributed by atoms with E-state index in [9.17, 15) is 4.79 Å². The third-order valence-electron chi connectivity index (χ3n) is 5.58. The van der Waals surface area contributed by atoms with Crippen molar-refractivity contribution in [2.24, 2.45) is 0 Å². The zero-order chi connectivity index (χ0) is 15.5. The van der Waals surface area contributed by atoms with Crippen molar-refractivity contribution in [3.63, 3.8) is 0 Å². The standard InChI is InChI=1S/C18H23NO3/c1-17(2)21-14-5-4-12(10-15(14)22-17)18-7-6-13(20)11-16(18)19(3)9-8-18/h4-5,10,16H,6-9,11H2,1-3H3/t16-,18-/m0/s1. The molecule has 4 heteroatoms. The zero-order valence-electron chi connectivity index (χ0n) is 13.5. The predicted octanol–water partition coefficient (Wildman–Crippen LogP) is 2.89. The molecule has 1 aromatic carbocycles.